The molecule has 1 rings (SSSR count). The molecule has 0 fully saturated rings. The number of hydrogen-bond donors (Lipinski definition) is 1. The molecule has 1 aromatic rings. The summed E-state index contributed by atoms with van der Waals surface area (Å²) in [5.74, 6) is 0.496. The van der Waals surface area contributed by atoms with Crippen LogP contribution in [0.4, 0.5) is 0 Å². The molecule has 0 atom stereocenters. The standard InChI is InChI=1S/C10H16N2OS/c1-4-11-9(13)5-8-6-14-10(12-8)7(2)3/h6-7H,4-5H2,1-3H3,(H,11,13). The monoisotopic (exact) mass is 212 g/mol. The first-order valence-electron chi connectivity index (χ1n) is 4.84. The number of nitrogens with one attached hydrogen (secondary N) is 1. The van der Waals surface area contributed by atoms with Crippen molar-refractivity contribution in [2.75, 3.05) is 6.54 Å². The molecular weight excluding hydrogens is 196 g/mol. The van der Waals surface area contributed by atoms with Gasteiger partial charge in [0.1, 0.15) is 0 Å². The maximum absolute atomic E-state index is 11.2. The molecule has 0 aliphatic carbocycles. The fourth-order valence-corrected chi connectivity index (χ4v) is 1.93. The summed E-state index contributed by atoms with van der Waals surface area (Å²) < 4.78 is 0. The Bertz CT molecular complexity index is 307. The zero-order chi connectivity index (χ0) is 10.6. The molecule has 1 heterocycles. The predicted molar refractivity (Wildman–Crippen MR) is 58.6 cm³/mol. The van der Waals surface area contributed by atoms with Gasteiger partial charge in [0.05, 0.1) is 17.1 Å². The van der Waals surface area contributed by atoms with Gasteiger partial charge in [-0.1, -0.05) is 13.8 Å². The van der Waals surface area contributed by atoms with E-state index in [2.05, 4.69) is 24.1 Å². The van der Waals surface area contributed by atoms with Crippen molar-refractivity contribution < 1.29 is 4.79 Å². The van der Waals surface area contributed by atoms with Crippen LogP contribution >= 0.6 is 11.3 Å². The largest absolute Gasteiger partial charge is 0.356 e. The van der Waals surface area contributed by atoms with E-state index in [1.807, 2.05) is 12.3 Å². The Hall–Kier alpha value is -0.900. The van der Waals surface area contributed by atoms with Crippen LogP contribution in [0.5, 0.6) is 0 Å². The minimum atomic E-state index is 0.0492. The van der Waals surface area contributed by atoms with Gasteiger partial charge < -0.3 is 5.32 Å². The number of carbonyl (C=O) groups excluding carboxylic acids is 1. The normalized spacial score (nSPS) is 10.6. The van der Waals surface area contributed by atoms with Crippen molar-refractivity contribution in [1.82, 2.24) is 10.3 Å². The van der Waals surface area contributed by atoms with Crippen molar-refractivity contribution in [3.05, 3.63) is 16.1 Å². The van der Waals surface area contributed by atoms with E-state index in [9.17, 15) is 4.79 Å². The molecule has 0 unspecified atom stereocenters. The Kier molecular flexibility index (Phi) is 4.07. The first-order valence-corrected chi connectivity index (χ1v) is 5.72. The van der Waals surface area contributed by atoms with Gasteiger partial charge in [0.2, 0.25) is 5.91 Å². The number of amides is 1. The molecule has 3 nitrogen and oxygen atoms in total. The van der Waals surface area contributed by atoms with Crippen molar-refractivity contribution in [3.63, 3.8) is 0 Å². The first kappa shape index (κ1) is 11.2. The lowest BCUT2D eigenvalue weighted by molar-refractivity contribution is -0.120. The highest BCUT2D eigenvalue weighted by Crippen LogP contribution is 2.19. The molecule has 78 valence electrons. The second-order valence-electron chi connectivity index (χ2n) is 3.46. The van der Waals surface area contributed by atoms with Crippen molar-refractivity contribution in [3.8, 4) is 0 Å². The fourth-order valence-electron chi connectivity index (χ4n) is 1.09. The van der Waals surface area contributed by atoms with E-state index in [0.29, 0.717) is 18.9 Å². The predicted octanol–water partition coefficient (Wildman–Crippen LogP) is 1.95. The summed E-state index contributed by atoms with van der Waals surface area (Å²) in [7, 11) is 0. The molecule has 1 aromatic heterocycles. The van der Waals surface area contributed by atoms with Gasteiger partial charge in [-0.15, -0.1) is 11.3 Å². The lowest BCUT2D eigenvalue weighted by atomic mass is 10.2. The number of likely N-dealkylation sites (N-methyl/N-ethyl adjacent to an activating group) is 1. The highest BCUT2D eigenvalue weighted by Gasteiger charge is 2.08. The molecule has 0 aliphatic rings. The van der Waals surface area contributed by atoms with Crippen LogP contribution < -0.4 is 5.32 Å². The van der Waals surface area contributed by atoms with Gasteiger partial charge >= 0.3 is 0 Å². The summed E-state index contributed by atoms with van der Waals surface area (Å²) in [6.07, 6.45) is 0.400. The van der Waals surface area contributed by atoms with E-state index in [1.165, 1.54) is 0 Å². The highest BCUT2D eigenvalue weighted by atomic mass is 32.1. The van der Waals surface area contributed by atoms with E-state index in [0.717, 1.165) is 10.7 Å². The van der Waals surface area contributed by atoms with Gasteiger partial charge in [-0.3, -0.25) is 4.79 Å². The molecule has 0 aliphatic heterocycles. The number of thiazole rings is 1. The van der Waals surface area contributed by atoms with E-state index < -0.39 is 0 Å². The smallest absolute Gasteiger partial charge is 0.226 e. The van der Waals surface area contributed by atoms with Crippen LogP contribution in [-0.2, 0) is 11.2 Å². The van der Waals surface area contributed by atoms with Crippen LogP contribution in [-0.4, -0.2) is 17.4 Å². The topological polar surface area (TPSA) is 42.0 Å². The Labute approximate surface area is 88.6 Å². The van der Waals surface area contributed by atoms with Gasteiger partial charge in [-0.25, -0.2) is 4.98 Å². The summed E-state index contributed by atoms with van der Waals surface area (Å²) in [4.78, 5) is 15.6. The first-order chi connectivity index (χ1) is 6.63. The van der Waals surface area contributed by atoms with Gasteiger partial charge in [-0.05, 0) is 6.92 Å². The maximum Gasteiger partial charge on any atom is 0.226 e. The summed E-state index contributed by atoms with van der Waals surface area (Å²) in [6, 6.07) is 0. The van der Waals surface area contributed by atoms with Crippen molar-refractivity contribution in [1.29, 1.82) is 0 Å². The van der Waals surface area contributed by atoms with Crippen LogP contribution in [0.25, 0.3) is 0 Å². The van der Waals surface area contributed by atoms with Crippen molar-refractivity contribution in [2.24, 2.45) is 0 Å². The van der Waals surface area contributed by atoms with Gasteiger partial charge in [0.15, 0.2) is 0 Å². The molecule has 1 amide bonds. The van der Waals surface area contributed by atoms with E-state index >= 15 is 0 Å². The Morgan fingerprint density at radius 3 is 2.86 bits per heavy atom. The fraction of sp³-hybridized carbons (Fsp3) is 0.600. The molecule has 0 aromatic carbocycles. The van der Waals surface area contributed by atoms with E-state index in [-0.39, 0.29) is 5.91 Å². The summed E-state index contributed by atoms with van der Waals surface area (Å²) in [5, 5.41) is 5.82. The number of hydrogen-bond acceptors (Lipinski definition) is 3. The zero-order valence-electron chi connectivity index (χ0n) is 8.83. The second-order valence-corrected chi connectivity index (χ2v) is 4.35. The van der Waals surface area contributed by atoms with Crippen LogP contribution in [0.1, 0.15) is 37.4 Å². The highest BCUT2D eigenvalue weighted by molar-refractivity contribution is 7.09. The van der Waals surface area contributed by atoms with Crippen LogP contribution in [0, 0.1) is 0 Å². The third kappa shape index (κ3) is 3.10. The minimum absolute atomic E-state index is 0.0492. The Balaban J connectivity index is 2.55. The number of rotatable bonds is 4. The second kappa shape index (κ2) is 5.10. The zero-order valence-corrected chi connectivity index (χ0v) is 9.65. The average Bonchev–Trinajstić information content (AvgIpc) is 2.53. The van der Waals surface area contributed by atoms with E-state index in [1.54, 1.807) is 11.3 Å². The molecule has 0 bridgehead atoms. The van der Waals surface area contributed by atoms with E-state index in [4.69, 9.17) is 0 Å². The molecule has 0 saturated heterocycles. The average molecular weight is 212 g/mol. The van der Waals surface area contributed by atoms with Crippen LogP contribution in [0.2, 0.25) is 0 Å². The summed E-state index contributed by atoms with van der Waals surface area (Å²) in [5.41, 5.74) is 0.879. The van der Waals surface area contributed by atoms with Crippen LogP contribution in [0.15, 0.2) is 5.38 Å². The molecule has 4 heteroatoms. The van der Waals surface area contributed by atoms with Crippen molar-refractivity contribution in [2.45, 2.75) is 33.1 Å². The van der Waals surface area contributed by atoms with Crippen LogP contribution in [0.3, 0.4) is 0 Å². The van der Waals surface area contributed by atoms with Crippen molar-refractivity contribution >= 4 is 17.2 Å². The number of nitrogens with zero attached hydrogens (tertiary/aromatic N) is 1. The molecule has 0 spiro atoms. The number of aromatic nitrogens is 1. The summed E-state index contributed by atoms with van der Waals surface area (Å²) >= 11 is 1.63. The van der Waals surface area contributed by atoms with Gasteiger partial charge in [-0.2, -0.15) is 0 Å². The SMILES string of the molecule is CCNC(=O)Cc1csc(C(C)C)n1. The maximum atomic E-state index is 11.2. The molecule has 1 N–H and O–H groups in total. The van der Waals surface area contributed by atoms with Gasteiger partial charge in [0.25, 0.3) is 0 Å². The Morgan fingerprint density at radius 1 is 1.64 bits per heavy atom. The third-order valence-corrected chi connectivity index (χ3v) is 2.97. The summed E-state index contributed by atoms with van der Waals surface area (Å²) in [6.45, 7) is 6.81. The third-order valence-electron chi connectivity index (χ3n) is 1.78. The minimum Gasteiger partial charge on any atom is -0.356 e. The molecular formula is C10H16N2OS. The number of carbonyl (C=O) groups is 1. The lowest BCUT2D eigenvalue weighted by Gasteiger charge is -1.99. The quantitative estimate of drug-likeness (QED) is 0.828. The molecule has 0 radical (unpaired) electrons. The van der Waals surface area contributed by atoms with Gasteiger partial charge in [0, 0.05) is 17.8 Å². The lowest BCUT2D eigenvalue weighted by Crippen LogP contribution is -2.24. The molecule has 0 saturated carbocycles. The molecule has 14 heavy (non-hydrogen) atoms. The Morgan fingerprint density at radius 2 is 2.36 bits per heavy atom.